The second-order valence-electron chi connectivity index (χ2n) is 4.80. The normalized spacial score (nSPS) is 19.4. The van der Waals surface area contributed by atoms with Crippen LogP contribution in [0.3, 0.4) is 0 Å². The lowest BCUT2D eigenvalue weighted by Gasteiger charge is -2.38. The summed E-state index contributed by atoms with van der Waals surface area (Å²) in [5.74, 6) is 0. The van der Waals surface area contributed by atoms with Crippen LogP contribution in [0, 0.1) is 0 Å². The molecule has 0 amide bonds. The highest BCUT2D eigenvalue weighted by Crippen LogP contribution is 2.29. The zero-order chi connectivity index (χ0) is 13.1. The fourth-order valence-corrected chi connectivity index (χ4v) is 2.84. The second kappa shape index (κ2) is 5.64. The summed E-state index contributed by atoms with van der Waals surface area (Å²) in [5.41, 5.74) is 2.54. The molecule has 1 unspecified atom stereocenters. The summed E-state index contributed by atoms with van der Waals surface area (Å²) < 4.78 is 0. The van der Waals surface area contributed by atoms with Crippen LogP contribution >= 0.6 is 11.6 Å². The highest BCUT2D eigenvalue weighted by molar-refractivity contribution is 6.30. The number of anilines is 1. The Balaban J connectivity index is 1.93. The zero-order valence-corrected chi connectivity index (χ0v) is 11.5. The van der Waals surface area contributed by atoms with Crippen molar-refractivity contribution in [1.29, 1.82) is 0 Å². The van der Waals surface area contributed by atoms with Gasteiger partial charge >= 0.3 is 0 Å². The van der Waals surface area contributed by atoms with Crippen LogP contribution in [-0.4, -0.2) is 19.6 Å². The molecular formula is C16H17ClN2. The quantitative estimate of drug-likeness (QED) is 0.900. The third-order valence-electron chi connectivity index (χ3n) is 3.56. The third kappa shape index (κ3) is 2.75. The van der Waals surface area contributed by atoms with Gasteiger partial charge in [-0.25, -0.2) is 0 Å². The van der Waals surface area contributed by atoms with Crippen LogP contribution in [0.25, 0.3) is 0 Å². The molecule has 19 heavy (non-hydrogen) atoms. The molecule has 1 fully saturated rings. The number of piperazine rings is 1. The molecule has 0 radical (unpaired) electrons. The van der Waals surface area contributed by atoms with E-state index < -0.39 is 0 Å². The largest absolute Gasteiger partial charge is 0.362 e. The first-order chi connectivity index (χ1) is 9.34. The Kier molecular flexibility index (Phi) is 3.72. The molecule has 1 atom stereocenters. The second-order valence-corrected chi connectivity index (χ2v) is 5.24. The number of benzene rings is 2. The van der Waals surface area contributed by atoms with Gasteiger partial charge in [-0.05, 0) is 29.8 Å². The lowest BCUT2D eigenvalue weighted by molar-refractivity contribution is 0.490. The average molecular weight is 273 g/mol. The van der Waals surface area contributed by atoms with Crippen molar-refractivity contribution in [2.24, 2.45) is 0 Å². The van der Waals surface area contributed by atoms with Crippen LogP contribution in [0.1, 0.15) is 11.6 Å². The van der Waals surface area contributed by atoms with Crippen LogP contribution in [0.5, 0.6) is 0 Å². The molecule has 3 heteroatoms. The van der Waals surface area contributed by atoms with Crippen molar-refractivity contribution in [1.82, 2.24) is 5.32 Å². The Bertz CT molecular complexity index is 541. The van der Waals surface area contributed by atoms with Crippen LogP contribution in [0.15, 0.2) is 54.6 Å². The zero-order valence-electron chi connectivity index (χ0n) is 10.7. The topological polar surface area (TPSA) is 15.3 Å². The van der Waals surface area contributed by atoms with E-state index >= 15 is 0 Å². The molecular weight excluding hydrogens is 256 g/mol. The molecule has 1 saturated heterocycles. The van der Waals surface area contributed by atoms with E-state index in [0.29, 0.717) is 6.04 Å². The first kappa shape index (κ1) is 12.5. The molecule has 2 nitrogen and oxygen atoms in total. The summed E-state index contributed by atoms with van der Waals surface area (Å²) in [7, 11) is 0. The van der Waals surface area contributed by atoms with Gasteiger partial charge in [0.05, 0.1) is 6.04 Å². The first-order valence-corrected chi connectivity index (χ1v) is 7.00. The molecule has 1 N–H and O–H groups in total. The molecule has 2 aromatic rings. The maximum atomic E-state index is 6.12. The van der Waals surface area contributed by atoms with Crippen LogP contribution < -0.4 is 10.2 Å². The van der Waals surface area contributed by atoms with Gasteiger partial charge in [-0.15, -0.1) is 0 Å². The van der Waals surface area contributed by atoms with E-state index in [9.17, 15) is 0 Å². The Labute approximate surface area is 119 Å². The molecule has 1 aliphatic heterocycles. The van der Waals surface area contributed by atoms with Gasteiger partial charge in [0.25, 0.3) is 0 Å². The Morgan fingerprint density at radius 1 is 1.05 bits per heavy atom. The van der Waals surface area contributed by atoms with E-state index in [2.05, 4.69) is 52.7 Å². The summed E-state index contributed by atoms with van der Waals surface area (Å²) in [6, 6.07) is 19.1. The van der Waals surface area contributed by atoms with Gasteiger partial charge in [-0.2, -0.15) is 0 Å². The predicted molar refractivity (Wildman–Crippen MR) is 80.9 cm³/mol. The predicted octanol–water partition coefficient (Wildman–Crippen LogP) is 3.49. The molecule has 0 bridgehead atoms. The van der Waals surface area contributed by atoms with E-state index in [4.69, 9.17) is 11.6 Å². The molecule has 0 spiro atoms. The van der Waals surface area contributed by atoms with Crippen molar-refractivity contribution in [2.75, 3.05) is 24.5 Å². The number of rotatable bonds is 2. The fourth-order valence-electron chi connectivity index (χ4n) is 2.64. The average Bonchev–Trinajstić information content (AvgIpc) is 2.48. The summed E-state index contributed by atoms with van der Waals surface area (Å²) in [5, 5.41) is 4.27. The van der Waals surface area contributed by atoms with Crippen molar-refractivity contribution < 1.29 is 0 Å². The van der Waals surface area contributed by atoms with Gasteiger partial charge in [-0.1, -0.05) is 41.9 Å². The highest BCUT2D eigenvalue weighted by atomic mass is 35.5. The van der Waals surface area contributed by atoms with Gasteiger partial charge in [0, 0.05) is 30.3 Å². The molecule has 3 rings (SSSR count). The van der Waals surface area contributed by atoms with Crippen LogP contribution in [0.2, 0.25) is 5.02 Å². The Hall–Kier alpha value is -1.51. The SMILES string of the molecule is Clc1cccc(C2CNCCN2c2ccccc2)c1. The Morgan fingerprint density at radius 3 is 2.68 bits per heavy atom. The number of nitrogens with zero attached hydrogens (tertiary/aromatic N) is 1. The first-order valence-electron chi connectivity index (χ1n) is 6.62. The van der Waals surface area contributed by atoms with Crippen molar-refractivity contribution in [3.8, 4) is 0 Å². The lowest BCUT2D eigenvalue weighted by Crippen LogP contribution is -2.46. The van der Waals surface area contributed by atoms with Gasteiger partial charge in [0.2, 0.25) is 0 Å². The van der Waals surface area contributed by atoms with Crippen LogP contribution in [0.4, 0.5) is 5.69 Å². The smallest absolute Gasteiger partial charge is 0.0668 e. The molecule has 1 heterocycles. The molecule has 98 valence electrons. The summed E-state index contributed by atoms with van der Waals surface area (Å²) in [6.45, 7) is 2.99. The Morgan fingerprint density at radius 2 is 1.89 bits per heavy atom. The van der Waals surface area contributed by atoms with Crippen molar-refractivity contribution >= 4 is 17.3 Å². The fraction of sp³-hybridized carbons (Fsp3) is 0.250. The van der Waals surface area contributed by atoms with E-state index in [1.807, 2.05) is 12.1 Å². The number of nitrogens with one attached hydrogen (secondary N) is 1. The van der Waals surface area contributed by atoms with Crippen LogP contribution in [-0.2, 0) is 0 Å². The minimum atomic E-state index is 0.342. The van der Waals surface area contributed by atoms with Gasteiger partial charge in [0.15, 0.2) is 0 Å². The van der Waals surface area contributed by atoms with E-state index in [0.717, 1.165) is 24.7 Å². The molecule has 0 aliphatic carbocycles. The molecule has 1 aliphatic rings. The van der Waals surface area contributed by atoms with E-state index in [1.165, 1.54) is 11.3 Å². The molecule has 0 saturated carbocycles. The monoisotopic (exact) mass is 272 g/mol. The van der Waals surface area contributed by atoms with Crippen molar-refractivity contribution in [2.45, 2.75) is 6.04 Å². The van der Waals surface area contributed by atoms with Gasteiger partial charge < -0.3 is 10.2 Å². The standard InChI is InChI=1S/C16H17ClN2/c17-14-6-4-5-13(11-14)16-12-18-9-10-19(16)15-7-2-1-3-8-15/h1-8,11,16,18H,9-10,12H2. The lowest BCUT2D eigenvalue weighted by atomic mass is 10.0. The highest BCUT2D eigenvalue weighted by Gasteiger charge is 2.23. The van der Waals surface area contributed by atoms with Gasteiger partial charge in [0.1, 0.15) is 0 Å². The summed E-state index contributed by atoms with van der Waals surface area (Å²) in [4.78, 5) is 2.45. The number of halogens is 1. The number of hydrogen-bond acceptors (Lipinski definition) is 2. The minimum Gasteiger partial charge on any atom is -0.362 e. The van der Waals surface area contributed by atoms with Gasteiger partial charge in [-0.3, -0.25) is 0 Å². The van der Waals surface area contributed by atoms with E-state index in [-0.39, 0.29) is 0 Å². The van der Waals surface area contributed by atoms with E-state index in [1.54, 1.807) is 0 Å². The van der Waals surface area contributed by atoms with Crippen molar-refractivity contribution in [3.05, 3.63) is 65.2 Å². The third-order valence-corrected chi connectivity index (χ3v) is 3.80. The number of hydrogen-bond donors (Lipinski definition) is 1. The maximum absolute atomic E-state index is 6.12. The molecule has 0 aromatic heterocycles. The van der Waals surface area contributed by atoms with Crippen molar-refractivity contribution in [3.63, 3.8) is 0 Å². The maximum Gasteiger partial charge on any atom is 0.0668 e. The number of para-hydroxylation sites is 1. The minimum absolute atomic E-state index is 0.342. The summed E-state index contributed by atoms with van der Waals surface area (Å²) >= 11 is 6.12. The summed E-state index contributed by atoms with van der Waals surface area (Å²) in [6.07, 6.45) is 0. The molecule has 2 aromatic carbocycles.